The van der Waals surface area contributed by atoms with Crippen LogP contribution in [-0.4, -0.2) is 30.7 Å². The summed E-state index contributed by atoms with van der Waals surface area (Å²) in [5, 5.41) is 0. The van der Waals surface area contributed by atoms with Crippen molar-refractivity contribution < 1.29 is 14.2 Å². The molecular weight excluding hydrogens is 356 g/mol. The van der Waals surface area contributed by atoms with Crippen LogP contribution < -0.4 is 19.8 Å². The average molecular weight is 380 g/mol. The van der Waals surface area contributed by atoms with Gasteiger partial charge in [0.2, 0.25) is 5.75 Å². The minimum absolute atomic E-state index is 0.0716. The molecule has 0 bridgehead atoms. The monoisotopic (exact) mass is 380 g/mol. The quantitative estimate of drug-likeness (QED) is 0.672. The third-order valence-corrected chi connectivity index (χ3v) is 4.79. The van der Waals surface area contributed by atoms with Gasteiger partial charge in [-0.2, -0.15) is 0 Å². The Labute approximate surface area is 164 Å². The number of methoxy groups -OCH3 is 3. The third-order valence-electron chi connectivity index (χ3n) is 4.79. The number of fused-ring (bicyclic) bond motifs is 1. The minimum atomic E-state index is -0.0716. The summed E-state index contributed by atoms with van der Waals surface area (Å²) >= 11 is 0. The van der Waals surface area contributed by atoms with Crippen LogP contribution in [0.25, 0.3) is 17.3 Å². The minimum Gasteiger partial charge on any atom is -0.493 e. The second-order valence-corrected chi connectivity index (χ2v) is 6.55. The predicted molar refractivity (Wildman–Crippen MR) is 111 cm³/mol. The molecule has 2 heterocycles. The van der Waals surface area contributed by atoms with E-state index in [2.05, 4.69) is 0 Å². The smallest absolute Gasteiger partial charge is 0.261 e. The fourth-order valence-corrected chi connectivity index (χ4v) is 3.14. The largest absolute Gasteiger partial charge is 0.493 e. The Morgan fingerprint density at radius 3 is 2.29 bits per heavy atom. The standard InChI is InChI=1S/C22H24N2O4/c1-13-8-7-9-24-21(13)23-17(15(3)22(24)25)10-14(2)16-11-18(26-4)20(28-6)19(12-16)27-5/h7-12H,1-6H3/b14-10+. The Morgan fingerprint density at radius 2 is 1.71 bits per heavy atom. The van der Waals surface area contributed by atoms with Crippen LogP contribution in [0.5, 0.6) is 17.2 Å². The molecule has 1 aromatic carbocycles. The molecule has 3 rings (SSSR count). The van der Waals surface area contributed by atoms with Crippen molar-refractivity contribution in [2.75, 3.05) is 21.3 Å². The zero-order valence-corrected chi connectivity index (χ0v) is 17.0. The third kappa shape index (κ3) is 3.33. The van der Waals surface area contributed by atoms with Crippen molar-refractivity contribution in [3.63, 3.8) is 0 Å². The number of allylic oxidation sites excluding steroid dienone is 1. The Bertz CT molecular complexity index is 1100. The van der Waals surface area contributed by atoms with Crippen LogP contribution in [0.3, 0.4) is 0 Å². The summed E-state index contributed by atoms with van der Waals surface area (Å²) in [5.41, 5.74) is 4.58. The molecule has 146 valence electrons. The zero-order chi connectivity index (χ0) is 20.4. The summed E-state index contributed by atoms with van der Waals surface area (Å²) in [6.45, 7) is 5.69. The number of hydrogen-bond acceptors (Lipinski definition) is 5. The molecule has 0 saturated carbocycles. The highest BCUT2D eigenvalue weighted by molar-refractivity contribution is 5.82. The van der Waals surface area contributed by atoms with Crippen LogP contribution in [0.15, 0.2) is 35.3 Å². The van der Waals surface area contributed by atoms with E-state index in [-0.39, 0.29) is 5.56 Å². The molecule has 0 radical (unpaired) electrons. The lowest BCUT2D eigenvalue weighted by Gasteiger charge is -2.14. The van der Waals surface area contributed by atoms with E-state index in [0.717, 1.165) is 16.7 Å². The van der Waals surface area contributed by atoms with Gasteiger partial charge in [0.15, 0.2) is 11.5 Å². The molecule has 6 heteroatoms. The fraction of sp³-hybridized carbons (Fsp3) is 0.273. The van der Waals surface area contributed by atoms with Gasteiger partial charge in [-0.05, 0) is 61.7 Å². The number of aryl methyl sites for hydroxylation is 1. The number of ether oxygens (including phenoxy) is 3. The number of pyridine rings is 1. The Hall–Kier alpha value is -3.28. The van der Waals surface area contributed by atoms with Gasteiger partial charge >= 0.3 is 0 Å². The Balaban J connectivity index is 2.18. The summed E-state index contributed by atoms with van der Waals surface area (Å²) in [6.07, 6.45) is 3.65. The van der Waals surface area contributed by atoms with E-state index in [9.17, 15) is 4.79 Å². The molecule has 0 N–H and O–H groups in total. The molecule has 0 saturated heterocycles. The molecule has 0 amide bonds. The second-order valence-electron chi connectivity index (χ2n) is 6.55. The van der Waals surface area contributed by atoms with Crippen LogP contribution in [0.1, 0.15) is 29.3 Å². The van der Waals surface area contributed by atoms with Gasteiger partial charge in [0.05, 0.1) is 27.0 Å². The van der Waals surface area contributed by atoms with E-state index in [0.29, 0.717) is 34.2 Å². The highest BCUT2D eigenvalue weighted by Gasteiger charge is 2.15. The first-order valence-corrected chi connectivity index (χ1v) is 8.88. The number of rotatable bonds is 5. The Kier molecular flexibility index (Phi) is 5.40. The van der Waals surface area contributed by atoms with Gasteiger partial charge in [-0.25, -0.2) is 4.98 Å². The molecule has 3 aromatic rings. The van der Waals surface area contributed by atoms with E-state index in [1.54, 1.807) is 38.9 Å². The summed E-state index contributed by atoms with van der Waals surface area (Å²) < 4.78 is 17.8. The number of benzene rings is 1. The van der Waals surface area contributed by atoms with Gasteiger partial charge in [-0.3, -0.25) is 9.20 Å². The predicted octanol–water partition coefficient (Wildman–Crippen LogP) is 3.90. The highest BCUT2D eigenvalue weighted by Crippen LogP contribution is 2.40. The first-order valence-electron chi connectivity index (χ1n) is 8.88. The molecule has 6 nitrogen and oxygen atoms in total. The lowest BCUT2D eigenvalue weighted by Crippen LogP contribution is -2.19. The lowest BCUT2D eigenvalue weighted by atomic mass is 10.0. The van der Waals surface area contributed by atoms with Crippen molar-refractivity contribution in [1.29, 1.82) is 0 Å². The van der Waals surface area contributed by atoms with Gasteiger partial charge in [-0.15, -0.1) is 0 Å². The SMILES string of the molecule is COc1cc(/C(C)=C/c2nc3c(C)cccn3c(=O)c2C)cc(OC)c1OC. The van der Waals surface area contributed by atoms with E-state index in [1.807, 2.05) is 44.2 Å². The van der Waals surface area contributed by atoms with Crippen LogP contribution in [-0.2, 0) is 0 Å². The van der Waals surface area contributed by atoms with E-state index in [1.165, 1.54) is 0 Å². The second kappa shape index (κ2) is 7.76. The molecule has 2 aromatic heterocycles. The van der Waals surface area contributed by atoms with E-state index in [4.69, 9.17) is 19.2 Å². The van der Waals surface area contributed by atoms with Crippen LogP contribution in [0.2, 0.25) is 0 Å². The fourth-order valence-electron chi connectivity index (χ4n) is 3.14. The van der Waals surface area contributed by atoms with Gasteiger partial charge in [-0.1, -0.05) is 6.07 Å². The molecule has 28 heavy (non-hydrogen) atoms. The number of hydrogen-bond donors (Lipinski definition) is 0. The average Bonchev–Trinajstić information content (AvgIpc) is 2.71. The molecular formula is C22H24N2O4. The maximum absolute atomic E-state index is 12.7. The summed E-state index contributed by atoms with van der Waals surface area (Å²) in [7, 11) is 4.73. The number of nitrogens with zero attached hydrogens (tertiary/aromatic N) is 2. The van der Waals surface area contributed by atoms with E-state index >= 15 is 0 Å². The zero-order valence-electron chi connectivity index (χ0n) is 17.0. The summed E-state index contributed by atoms with van der Waals surface area (Å²) in [5.74, 6) is 1.68. The van der Waals surface area contributed by atoms with Gasteiger partial charge in [0, 0.05) is 11.8 Å². The normalized spacial score (nSPS) is 11.6. The van der Waals surface area contributed by atoms with Crippen molar-refractivity contribution in [2.45, 2.75) is 20.8 Å². The number of aromatic nitrogens is 2. The topological polar surface area (TPSA) is 62.1 Å². The lowest BCUT2D eigenvalue weighted by molar-refractivity contribution is 0.324. The maximum atomic E-state index is 12.7. The molecule has 0 aliphatic rings. The van der Waals surface area contributed by atoms with Crippen molar-refractivity contribution in [3.8, 4) is 17.2 Å². The van der Waals surface area contributed by atoms with Gasteiger partial charge in [0.1, 0.15) is 5.65 Å². The van der Waals surface area contributed by atoms with E-state index < -0.39 is 0 Å². The van der Waals surface area contributed by atoms with Crippen LogP contribution in [0, 0.1) is 13.8 Å². The van der Waals surface area contributed by atoms with Crippen molar-refractivity contribution in [1.82, 2.24) is 9.38 Å². The van der Waals surface area contributed by atoms with Crippen LogP contribution in [0.4, 0.5) is 0 Å². The Morgan fingerprint density at radius 1 is 1.07 bits per heavy atom. The van der Waals surface area contributed by atoms with Crippen LogP contribution >= 0.6 is 0 Å². The highest BCUT2D eigenvalue weighted by atomic mass is 16.5. The van der Waals surface area contributed by atoms with Crippen molar-refractivity contribution in [3.05, 3.63) is 63.2 Å². The molecule has 0 aliphatic carbocycles. The first-order chi connectivity index (χ1) is 13.4. The molecule has 0 unspecified atom stereocenters. The maximum Gasteiger partial charge on any atom is 0.261 e. The molecule has 0 spiro atoms. The molecule has 0 fully saturated rings. The summed E-state index contributed by atoms with van der Waals surface area (Å²) in [4.78, 5) is 17.5. The first kappa shape index (κ1) is 19.5. The van der Waals surface area contributed by atoms with Gasteiger partial charge in [0.25, 0.3) is 5.56 Å². The van der Waals surface area contributed by atoms with Gasteiger partial charge < -0.3 is 14.2 Å². The molecule has 0 atom stereocenters. The van der Waals surface area contributed by atoms with Crippen molar-refractivity contribution >= 4 is 17.3 Å². The summed E-state index contributed by atoms with van der Waals surface area (Å²) in [6, 6.07) is 7.54. The molecule has 0 aliphatic heterocycles. The van der Waals surface area contributed by atoms with Crippen molar-refractivity contribution in [2.24, 2.45) is 0 Å².